The molecule has 1 unspecified atom stereocenters. The van der Waals surface area contributed by atoms with E-state index < -0.39 is 0 Å². The van der Waals surface area contributed by atoms with E-state index in [1.165, 1.54) is 6.42 Å². The highest BCUT2D eigenvalue weighted by Crippen LogP contribution is 2.33. The number of H-pyrrole nitrogens is 1. The van der Waals surface area contributed by atoms with Crippen molar-refractivity contribution >= 4 is 17.3 Å². The van der Waals surface area contributed by atoms with Crippen LogP contribution in [-0.4, -0.2) is 41.9 Å². The van der Waals surface area contributed by atoms with Crippen LogP contribution < -0.4 is 15.4 Å². The maximum absolute atomic E-state index is 5.77. The standard InChI is InChI=1S/C13H19N5OS/c1-19-10-4-6-20-11(10)12-15-13(17-16-12)18-5-2-3-9(7-14)8-18/h4,6,9H,2-3,5,7-8,14H2,1H3,(H,15,16,17). The number of anilines is 1. The second-order valence-electron chi connectivity index (χ2n) is 4.99. The lowest BCUT2D eigenvalue weighted by Gasteiger charge is -2.31. The van der Waals surface area contributed by atoms with Crippen LogP contribution in [0.4, 0.5) is 5.95 Å². The maximum Gasteiger partial charge on any atom is 0.245 e. The molecule has 0 bridgehead atoms. The van der Waals surface area contributed by atoms with Crippen molar-refractivity contribution in [2.45, 2.75) is 12.8 Å². The minimum atomic E-state index is 0.543. The molecule has 3 heterocycles. The zero-order chi connectivity index (χ0) is 13.9. The molecule has 108 valence electrons. The van der Waals surface area contributed by atoms with Crippen molar-refractivity contribution < 1.29 is 4.74 Å². The van der Waals surface area contributed by atoms with Crippen LogP contribution in [0, 0.1) is 5.92 Å². The van der Waals surface area contributed by atoms with Gasteiger partial charge in [0.15, 0.2) is 5.82 Å². The van der Waals surface area contributed by atoms with Gasteiger partial charge in [-0.25, -0.2) is 0 Å². The first-order valence-corrected chi connectivity index (χ1v) is 7.69. The fourth-order valence-corrected chi connectivity index (χ4v) is 3.36. The Balaban J connectivity index is 1.80. The van der Waals surface area contributed by atoms with E-state index in [-0.39, 0.29) is 0 Å². The van der Waals surface area contributed by atoms with Crippen molar-refractivity contribution in [2.24, 2.45) is 11.7 Å². The van der Waals surface area contributed by atoms with Gasteiger partial charge >= 0.3 is 0 Å². The van der Waals surface area contributed by atoms with E-state index in [0.717, 1.165) is 48.5 Å². The van der Waals surface area contributed by atoms with E-state index in [2.05, 4.69) is 20.1 Å². The van der Waals surface area contributed by atoms with Gasteiger partial charge in [-0.15, -0.1) is 16.4 Å². The van der Waals surface area contributed by atoms with Crippen LogP contribution in [0.2, 0.25) is 0 Å². The molecule has 1 saturated heterocycles. The van der Waals surface area contributed by atoms with E-state index in [4.69, 9.17) is 10.5 Å². The SMILES string of the molecule is COc1ccsc1-c1nc(N2CCCC(CN)C2)n[nH]1. The Hall–Kier alpha value is -1.60. The number of thiophene rings is 1. The van der Waals surface area contributed by atoms with Crippen LogP contribution >= 0.6 is 11.3 Å². The molecule has 1 atom stereocenters. The van der Waals surface area contributed by atoms with Crippen molar-refractivity contribution in [2.75, 3.05) is 31.6 Å². The zero-order valence-corrected chi connectivity index (χ0v) is 12.3. The largest absolute Gasteiger partial charge is 0.495 e. The average Bonchev–Trinajstić information content (AvgIpc) is 3.15. The van der Waals surface area contributed by atoms with Crippen molar-refractivity contribution in [1.82, 2.24) is 15.2 Å². The number of methoxy groups -OCH3 is 1. The number of nitrogens with one attached hydrogen (secondary N) is 1. The molecule has 1 aliphatic rings. The number of ether oxygens (including phenoxy) is 1. The lowest BCUT2D eigenvalue weighted by molar-refractivity contribution is 0.418. The molecule has 20 heavy (non-hydrogen) atoms. The van der Waals surface area contributed by atoms with E-state index in [0.29, 0.717) is 5.92 Å². The molecule has 0 saturated carbocycles. The van der Waals surface area contributed by atoms with Gasteiger partial charge in [-0.2, -0.15) is 4.98 Å². The molecule has 0 aliphatic carbocycles. The summed E-state index contributed by atoms with van der Waals surface area (Å²) in [5.41, 5.74) is 5.77. The van der Waals surface area contributed by atoms with Gasteiger partial charge in [0.25, 0.3) is 0 Å². The Morgan fingerprint density at radius 3 is 3.30 bits per heavy atom. The molecule has 3 N–H and O–H groups in total. The normalized spacial score (nSPS) is 19.3. The number of nitrogens with two attached hydrogens (primary N) is 1. The van der Waals surface area contributed by atoms with Gasteiger partial charge in [0.1, 0.15) is 10.6 Å². The topological polar surface area (TPSA) is 80.1 Å². The molecule has 1 fully saturated rings. The summed E-state index contributed by atoms with van der Waals surface area (Å²) in [5, 5.41) is 9.34. The van der Waals surface area contributed by atoms with Gasteiger partial charge in [0.2, 0.25) is 5.95 Å². The number of rotatable bonds is 4. The van der Waals surface area contributed by atoms with Gasteiger partial charge in [0, 0.05) is 13.1 Å². The van der Waals surface area contributed by atoms with Crippen LogP contribution in [-0.2, 0) is 0 Å². The van der Waals surface area contributed by atoms with Crippen LogP contribution in [0.1, 0.15) is 12.8 Å². The summed E-state index contributed by atoms with van der Waals surface area (Å²) in [4.78, 5) is 7.80. The Morgan fingerprint density at radius 1 is 1.60 bits per heavy atom. The van der Waals surface area contributed by atoms with Crippen molar-refractivity contribution in [1.29, 1.82) is 0 Å². The predicted molar refractivity (Wildman–Crippen MR) is 80.2 cm³/mol. The van der Waals surface area contributed by atoms with Gasteiger partial charge in [-0.1, -0.05) is 0 Å². The Bertz CT molecular complexity index is 567. The summed E-state index contributed by atoms with van der Waals surface area (Å²) in [7, 11) is 1.67. The van der Waals surface area contributed by atoms with Gasteiger partial charge in [-0.3, -0.25) is 5.10 Å². The second-order valence-corrected chi connectivity index (χ2v) is 5.91. The smallest absolute Gasteiger partial charge is 0.245 e. The van der Waals surface area contributed by atoms with Crippen molar-refractivity contribution in [3.63, 3.8) is 0 Å². The Labute approximate surface area is 122 Å². The van der Waals surface area contributed by atoms with E-state index in [1.54, 1.807) is 18.4 Å². The molecular formula is C13H19N5OS. The zero-order valence-electron chi connectivity index (χ0n) is 11.5. The third-order valence-corrected chi connectivity index (χ3v) is 4.58. The average molecular weight is 293 g/mol. The fraction of sp³-hybridized carbons (Fsp3) is 0.538. The minimum absolute atomic E-state index is 0.543. The number of hydrogen-bond donors (Lipinski definition) is 2. The Kier molecular flexibility index (Phi) is 3.88. The summed E-state index contributed by atoms with van der Waals surface area (Å²) in [6, 6.07) is 1.94. The molecule has 1 aliphatic heterocycles. The summed E-state index contributed by atoms with van der Waals surface area (Å²) < 4.78 is 5.32. The Morgan fingerprint density at radius 2 is 2.50 bits per heavy atom. The van der Waals surface area contributed by atoms with Crippen LogP contribution in [0.3, 0.4) is 0 Å². The van der Waals surface area contributed by atoms with E-state index >= 15 is 0 Å². The summed E-state index contributed by atoms with van der Waals surface area (Å²) >= 11 is 1.59. The molecule has 2 aromatic heterocycles. The molecule has 0 spiro atoms. The lowest BCUT2D eigenvalue weighted by Crippen LogP contribution is -2.38. The number of aromatic nitrogens is 3. The third kappa shape index (κ3) is 2.51. The number of hydrogen-bond acceptors (Lipinski definition) is 6. The predicted octanol–water partition coefficient (Wildman–Crippen LogP) is 1.72. The highest BCUT2D eigenvalue weighted by molar-refractivity contribution is 7.13. The van der Waals surface area contributed by atoms with Crippen LogP contribution in [0.25, 0.3) is 10.7 Å². The summed E-state index contributed by atoms with van der Waals surface area (Å²) in [6.07, 6.45) is 2.34. The molecule has 7 heteroatoms. The number of piperidine rings is 1. The van der Waals surface area contributed by atoms with Gasteiger partial charge in [0.05, 0.1) is 7.11 Å². The lowest BCUT2D eigenvalue weighted by atomic mass is 9.99. The third-order valence-electron chi connectivity index (χ3n) is 3.67. The first kappa shape index (κ1) is 13.4. The fourth-order valence-electron chi connectivity index (χ4n) is 2.57. The summed E-state index contributed by atoms with van der Waals surface area (Å²) in [6.45, 7) is 2.66. The molecular weight excluding hydrogens is 274 g/mol. The number of aromatic amines is 1. The van der Waals surface area contributed by atoms with Crippen LogP contribution in [0.5, 0.6) is 5.75 Å². The maximum atomic E-state index is 5.77. The minimum Gasteiger partial charge on any atom is -0.495 e. The number of nitrogens with zero attached hydrogens (tertiary/aromatic N) is 3. The van der Waals surface area contributed by atoms with E-state index in [1.807, 2.05) is 11.4 Å². The van der Waals surface area contributed by atoms with E-state index in [9.17, 15) is 0 Å². The molecule has 0 amide bonds. The molecule has 2 aromatic rings. The highest BCUT2D eigenvalue weighted by atomic mass is 32.1. The van der Waals surface area contributed by atoms with Crippen molar-refractivity contribution in [3.05, 3.63) is 11.4 Å². The molecule has 0 radical (unpaired) electrons. The van der Waals surface area contributed by atoms with Gasteiger partial charge < -0.3 is 15.4 Å². The first-order valence-electron chi connectivity index (χ1n) is 6.81. The van der Waals surface area contributed by atoms with Crippen molar-refractivity contribution in [3.8, 4) is 16.5 Å². The highest BCUT2D eigenvalue weighted by Gasteiger charge is 2.22. The monoisotopic (exact) mass is 293 g/mol. The summed E-state index contributed by atoms with van der Waals surface area (Å²) in [5.74, 6) is 2.90. The quantitative estimate of drug-likeness (QED) is 0.897. The molecule has 0 aromatic carbocycles. The molecule has 6 nitrogen and oxygen atoms in total. The van der Waals surface area contributed by atoms with Crippen LogP contribution in [0.15, 0.2) is 11.4 Å². The second kappa shape index (κ2) is 5.80. The molecule has 3 rings (SSSR count). The van der Waals surface area contributed by atoms with Gasteiger partial charge in [-0.05, 0) is 36.8 Å². The first-order chi connectivity index (χ1) is 9.81.